The Morgan fingerprint density at radius 3 is 1.72 bits per heavy atom. The molecule has 0 N–H and O–H groups in total. The van der Waals surface area contributed by atoms with Crippen LogP contribution in [0.15, 0.2) is 205 Å². The van der Waals surface area contributed by atoms with Gasteiger partial charge in [-0.3, -0.25) is 0 Å². The predicted molar refractivity (Wildman–Crippen MR) is 234 cm³/mol. The van der Waals surface area contributed by atoms with E-state index in [-0.39, 0.29) is 5.41 Å². The summed E-state index contributed by atoms with van der Waals surface area (Å²) in [7, 11) is 0. The van der Waals surface area contributed by atoms with Gasteiger partial charge >= 0.3 is 0 Å². The number of rotatable bonds is 6. The van der Waals surface area contributed by atoms with E-state index in [4.69, 9.17) is 14.4 Å². The number of hydrogen-bond donors (Lipinski definition) is 0. The number of furan rings is 1. The van der Waals surface area contributed by atoms with Gasteiger partial charge in [0.15, 0.2) is 5.82 Å². The number of benzene rings is 8. The van der Waals surface area contributed by atoms with Crippen molar-refractivity contribution in [3.05, 3.63) is 217 Å². The lowest BCUT2D eigenvalue weighted by Gasteiger charge is -2.28. The van der Waals surface area contributed by atoms with Crippen molar-refractivity contribution in [2.75, 3.05) is 0 Å². The minimum atomic E-state index is -0.300. The molecule has 0 aliphatic heterocycles. The molecule has 1 aliphatic carbocycles. The molecule has 3 nitrogen and oxygen atoms in total. The van der Waals surface area contributed by atoms with Gasteiger partial charge in [-0.1, -0.05) is 164 Å². The SMILES string of the molecule is CC1(c2ccccc2)c2ccccc2-c2ccc(-c3cc(-c4cccc(-c5ccc(-c6ccc7c(c6)oc6ccccc67)cc5)c4)nc(-c4ccccc4)n3)cc21. The van der Waals surface area contributed by atoms with Crippen LogP contribution in [-0.2, 0) is 5.41 Å². The van der Waals surface area contributed by atoms with Gasteiger partial charge < -0.3 is 4.42 Å². The molecule has 1 atom stereocenters. The summed E-state index contributed by atoms with van der Waals surface area (Å²) in [5, 5.41) is 2.28. The van der Waals surface area contributed by atoms with Gasteiger partial charge in [-0.15, -0.1) is 0 Å². The molecule has 0 saturated heterocycles. The molecule has 2 heterocycles. The summed E-state index contributed by atoms with van der Waals surface area (Å²) in [6.07, 6.45) is 0. The van der Waals surface area contributed by atoms with Crippen LogP contribution in [0.25, 0.3) is 89.2 Å². The van der Waals surface area contributed by atoms with E-state index < -0.39 is 0 Å². The van der Waals surface area contributed by atoms with Gasteiger partial charge in [0.05, 0.1) is 11.4 Å². The second kappa shape index (κ2) is 13.1. The van der Waals surface area contributed by atoms with Gasteiger partial charge in [0.25, 0.3) is 0 Å². The van der Waals surface area contributed by atoms with Crippen molar-refractivity contribution in [1.82, 2.24) is 9.97 Å². The molecule has 3 heteroatoms. The first-order valence-electron chi connectivity index (χ1n) is 19.5. The number of hydrogen-bond acceptors (Lipinski definition) is 3. The van der Waals surface area contributed by atoms with Crippen molar-refractivity contribution >= 4 is 21.9 Å². The average molecular weight is 729 g/mol. The molecule has 0 spiro atoms. The van der Waals surface area contributed by atoms with E-state index in [9.17, 15) is 0 Å². The Morgan fingerprint density at radius 2 is 0.930 bits per heavy atom. The summed E-state index contributed by atoms with van der Waals surface area (Å²) in [5.41, 5.74) is 17.4. The van der Waals surface area contributed by atoms with E-state index in [1.807, 2.05) is 30.3 Å². The Balaban J connectivity index is 0.980. The van der Waals surface area contributed by atoms with Crippen LogP contribution in [0.5, 0.6) is 0 Å². The van der Waals surface area contributed by atoms with Crippen molar-refractivity contribution in [2.45, 2.75) is 12.3 Å². The highest BCUT2D eigenvalue weighted by Gasteiger charge is 2.40. The zero-order chi connectivity index (χ0) is 37.9. The maximum atomic E-state index is 6.19. The van der Waals surface area contributed by atoms with Crippen LogP contribution in [0.1, 0.15) is 23.6 Å². The van der Waals surface area contributed by atoms with Crippen LogP contribution in [0.2, 0.25) is 0 Å². The summed E-state index contributed by atoms with van der Waals surface area (Å²) in [6, 6.07) is 71.1. The Bertz CT molecular complexity index is 3130. The number of nitrogens with zero attached hydrogens (tertiary/aromatic N) is 2. The van der Waals surface area contributed by atoms with Gasteiger partial charge in [-0.2, -0.15) is 0 Å². The topological polar surface area (TPSA) is 38.9 Å². The minimum Gasteiger partial charge on any atom is -0.456 e. The van der Waals surface area contributed by atoms with Gasteiger partial charge in [-0.05, 0) is 93.4 Å². The van der Waals surface area contributed by atoms with E-state index in [2.05, 4.69) is 177 Å². The quantitative estimate of drug-likeness (QED) is 0.171. The lowest BCUT2D eigenvalue weighted by molar-refractivity contribution is 0.669. The first-order chi connectivity index (χ1) is 28.1. The molecule has 1 aliphatic rings. The largest absolute Gasteiger partial charge is 0.456 e. The minimum absolute atomic E-state index is 0.300. The Hall–Kier alpha value is -7.36. The molecule has 57 heavy (non-hydrogen) atoms. The third-order valence-corrected chi connectivity index (χ3v) is 11.8. The molecule has 0 radical (unpaired) electrons. The summed E-state index contributed by atoms with van der Waals surface area (Å²) in [6.45, 7) is 2.36. The Labute approximate surface area is 331 Å². The van der Waals surface area contributed by atoms with Crippen molar-refractivity contribution < 1.29 is 4.42 Å². The lowest BCUT2D eigenvalue weighted by atomic mass is 9.74. The van der Waals surface area contributed by atoms with Gasteiger partial charge in [0.1, 0.15) is 11.2 Å². The normalized spacial score (nSPS) is 14.5. The number of fused-ring (bicyclic) bond motifs is 6. The number of aromatic nitrogens is 2. The first kappa shape index (κ1) is 33.0. The van der Waals surface area contributed by atoms with Crippen molar-refractivity contribution in [3.8, 4) is 67.3 Å². The smallest absolute Gasteiger partial charge is 0.160 e. The third kappa shape index (κ3) is 5.50. The molecule has 11 rings (SSSR count). The van der Waals surface area contributed by atoms with E-state index in [1.165, 1.54) is 27.8 Å². The van der Waals surface area contributed by atoms with Gasteiger partial charge in [-0.25, -0.2) is 9.97 Å². The van der Waals surface area contributed by atoms with E-state index in [1.54, 1.807) is 0 Å². The van der Waals surface area contributed by atoms with Crippen LogP contribution in [-0.4, -0.2) is 9.97 Å². The van der Waals surface area contributed by atoms with E-state index in [0.717, 1.165) is 72.3 Å². The summed E-state index contributed by atoms with van der Waals surface area (Å²) < 4.78 is 6.19. The molecule has 1 unspecified atom stereocenters. The molecule has 2 aromatic heterocycles. The Morgan fingerprint density at radius 1 is 0.368 bits per heavy atom. The molecule has 10 aromatic rings. The fraction of sp³-hybridized carbons (Fsp3) is 0.0370. The Kier molecular flexibility index (Phi) is 7.61. The zero-order valence-corrected chi connectivity index (χ0v) is 31.4. The molecule has 0 fully saturated rings. The second-order valence-corrected chi connectivity index (χ2v) is 15.1. The fourth-order valence-corrected chi connectivity index (χ4v) is 8.81. The summed E-state index contributed by atoms with van der Waals surface area (Å²) in [4.78, 5) is 10.4. The van der Waals surface area contributed by atoms with Crippen molar-refractivity contribution in [1.29, 1.82) is 0 Å². The van der Waals surface area contributed by atoms with Crippen LogP contribution >= 0.6 is 0 Å². The average Bonchev–Trinajstić information content (AvgIpc) is 3.79. The zero-order valence-electron chi connectivity index (χ0n) is 31.4. The summed E-state index contributed by atoms with van der Waals surface area (Å²) >= 11 is 0. The third-order valence-electron chi connectivity index (χ3n) is 11.8. The fourth-order valence-electron chi connectivity index (χ4n) is 8.81. The highest BCUT2D eigenvalue weighted by Crippen LogP contribution is 2.53. The summed E-state index contributed by atoms with van der Waals surface area (Å²) in [5.74, 6) is 0.703. The molecule has 0 amide bonds. The molecule has 8 aromatic carbocycles. The predicted octanol–water partition coefficient (Wildman–Crippen LogP) is 14.0. The highest BCUT2D eigenvalue weighted by molar-refractivity contribution is 6.05. The molecule has 268 valence electrons. The number of para-hydroxylation sites is 1. The maximum absolute atomic E-state index is 6.19. The molecule has 0 bridgehead atoms. The van der Waals surface area contributed by atoms with Crippen molar-refractivity contribution in [2.24, 2.45) is 0 Å². The van der Waals surface area contributed by atoms with E-state index in [0.29, 0.717) is 5.82 Å². The lowest BCUT2D eigenvalue weighted by Crippen LogP contribution is -2.22. The molecular formula is C54H36N2O. The maximum Gasteiger partial charge on any atom is 0.160 e. The van der Waals surface area contributed by atoms with Crippen LogP contribution in [0.3, 0.4) is 0 Å². The second-order valence-electron chi connectivity index (χ2n) is 15.1. The highest BCUT2D eigenvalue weighted by atomic mass is 16.3. The standard InChI is InChI=1S/C54H36N2O/c1-54(42-17-6-3-7-18-42)47-21-10-8-19-43(47)44-29-28-41(32-48(44)54)50-34-49(55-53(56-50)37-13-4-2-5-14-37)40-16-12-15-38(31-40)35-23-25-36(26-24-35)39-27-30-46-45-20-9-11-22-51(45)57-52(46)33-39/h2-34H,1H3. The van der Waals surface area contributed by atoms with E-state index >= 15 is 0 Å². The molecule has 0 saturated carbocycles. The van der Waals surface area contributed by atoms with Crippen LogP contribution in [0, 0.1) is 0 Å². The molecular weight excluding hydrogens is 693 g/mol. The van der Waals surface area contributed by atoms with Crippen LogP contribution in [0.4, 0.5) is 0 Å². The monoisotopic (exact) mass is 728 g/mol. The first-order valence-corrected chi connectivity index (χ1v) is 19.5. The van der Waals surface area contributed by atoms with Gasteiger partial charge in [0, 0.05) is 32.9 Å². The van der Waals surface area contributed by atoms with Crippen LogP contribution < -0.4 is 0 Å². The van der Waals surface area contributed by atoms with Gasteiger partial charge in [0.2, 0.25) is 0 Å². The van der Waals surface area contributed by atoms with Crippen molar-refractivity contribution in [3.63, 3.8) is 0 Å².